The van der Waals surface area contributed by atoms with Gasteiger partial charge in [0.1, 0.15) is 0 Å². The van der Waals surface area contributed by atoms with Crippen molar-refractivity contribution in [3.8, 4) is 0 Å². The highest BCUT2D eigenvalue weighted by Gasteiger charge is 2.05. The maximum atomic E-state index is 9.86. The van der Waals surface area contributed by atoms with Gasteiger partial charge in [0.15, 0.2) is 0 Å². The molecule has 0 radical (unpaired) electrons. The Morgan fingerprint density at radius 1 is 1.25 bits per heavy atom. The van der Waals surface area contributed by atoms with Gasteiger partial charge in [0.05, 0.1) is 6.10 Å². The van der Waals surface area contributed by atoms with Gasteiger partial charge in [0.25, 0.3) is 0 Å². The molecule has 16 heavy (non-hydrogen) atoms. The summed E-state index contributed by atoms with van der Waals surface area (Å²) in [6.07, 6.45) is 0.703. The first-order valence-corrected chi connectivity index (χ1v) is 5.78. The van der Waals surface area contributed by atoms with Crippen LogP contribution in [0.4, 0.5) is 0 Å². The van der Waals surface area contributed by atoms with Gasteiger partial charge in [-0.25, -0.2) is 0 Å². The van der Waals surface area contributed by atoms with Crippen LogP contribution in [0.5, 0.6) is 0 Å². The van der Waals surface area contributed by atoms with Gasteiger partial charge in [0.2, 0.25) is 0 Å². The normalized spacial score (nSPS) is 13.0. The van der Waals surface area contributed by atoms with E-state index in [9.17, 15) is 5.11 Å². The van der Waals surface area contributed by atoms with E-state index in [1.807, 2.05) is 30.3 Å². The van der Waals surface area contributed by atoms with Gasteiger partial charge in [0, 0.05) is 6.54 Å². The summed E-state index contributed by atoms with van der Waals surface area (Å²) in [7, 11) is 4.14. The molecule has 0 aliphatic rings. The van der Waals surface area contributed by atoms with E-state index in [4.69, 9.17) is 0 Å². The van der Waals surface area contributed by atoms with Crippen LogP contribution in [0.2, 0.25) is 0 Å². The molecule has 1 unspecified atom stereocenters. The van der Waals surface area contributed by atoms with Gasteiger partial charge in [-0.2, -0.15) is 0 Å². The molecule has 0 heterocycles. The van der Waals surface area contributed by atoms with Gasteiger partial charge in [-0.05, 0) is 39.2 Å². The van der Waals surface area contributed by atoms with Crippen molar-refractivity contribution in [2.75, 3.05) is 33.7 Å². The predicted molar refractivity (Wildman–Crippen MR) is 67.4 cm³/mol. The third kappa shape index (κ3) is 5.26. The Morgan fingerprint density at radius 3 is 2.56 bits per heavy atom. The molecule has 0 bridgehead atoms. The third-order valence-corrected chi connectivity index (χ3v) is 2.48. The Hall–Kier alpha value is -0.900. The smallest absolute Gasteiger partial charge is 0.0914 e. The monoisotopic (exact) mass is 222 g/mol. The average Bonchev–Trinajstić information content (AvgIpc) is 2.29. The third-order valence-electron chi connectivity index (χ3n) is 2.48. The quantitative estimate of drug-likeness (QED) is 0.682. The van der Waals surface area contributed by atoms with Crippen LogP contribution in [0.1, 0.15) is 18.1 Å². The minimum Gasteiger partial charge on any atom is -0.387 e. The van der Waals surface area contributed by atoms with Crippen LogP contribution in [0.3, 0.4) is 0 Å². The largest absolute Gasteiger partial charge is 0.387 e. The van der Waals surface area contributed by atoms with Crippen molar-refractivity contribution >= 4 is 0 Å². The van der Waals surface area contributed by atoms with Crippen molar-refractivity contribution in [1.82, 2.24) is 10.2 Å². The molecule has 0 aromatic heterocycles. The minimum atomic E-state index is -0.402. The van der Waals surface area contributed by atoms with E-state index in [-0.39, 0.29) is 0 Å². The molecule has 1 rings (SSSR count). The Bertz CT molecular complexity index is 275. The Balaban J connectivity index is 2.14. The molecular formula is C13H22N2O. The fraction of sp³-hybridized carbons (Fsp3) is 0.538. The number of aliphatic hydroxyl groups excluding tert-OH is 1. The lowest BCUT2D eigenvalue weighted by atomic mass is 10.1. The van der Waals surface area contributed by atoms with Crippen LogP contribution in [0, 0.1) is 0 Å². The molecule has 1 aromatic carbocycles. The number of aliphatic hydroxyl groups is 1. The topological polar surface area (TPSA) is 35.5 Å². The summed E-state index contributed by atoms with van der Waals surface area (Å²) in [4.78, 5) is 2.16. The number of rotatable bonds is 7. The SMILES string of the molecule is CN(C)CCCNCC(O)c1ccccc1. The molecule has 0 aliphatic heterocycles. The average molecular weight is 222 g/mol. The maximum absolute atomic E-state index is 9.86. The summed E-state index contributed by atoms with van der Waals surface area (Å²) in [5.41, 5.74) is 0.975. The molecule has 2 N–H and O–H groups in total. The van der Waals surface area contributed by atoms with Crippen molar-refractivity contribution in [3.63, 3.8) is 0 Å². The Kier molecular flexibility index (Phi) is 6.08. The second kappa shape index (κ2) is 7.39. The lowest BCUT2D eigenvalue weighted by molar-refractivity contribution is 0.174. The highest BCUT2D eigenvalue weighted by Crippen LogP contribution is 2.10. The fourth-order valence-corrected chi connectivity index (χ4v) is 1.55. The molecule has 0 fully saturated rings. The maximum Gasteiger partial charge on any atom is 0.0914 e. The molecular weight excluding hydrogens is 200 g/mol. The standard InChI is InChI=1S/C13H22N2O/c1-15(2)10-6-9-14-11-13(16)12-7-4-3-5-8-12/h3-5,7-8,13-14,16H,6,9-11H2,1-2H3. The second-order valence-corrected chi connectivity index (χ2v) is 4.29. The van der Waals surface area contributed by atoms with Crippen molar-refractivity contribution in [1.29, 1.82) is 0 Å². The summed E-state index contributed by atoms with van der Waals surface area (Å²) >= 11 is 0. The number of nitrogens with one attached hydrogen (secondary N) is 1. The zero-order chi connectivity index (χ0) is 11.8. The van der Waals surface area contributed by atoms with E-state index in [0.29, 0.717) is 6.54 Å². The molecule has 3 nitrogen and oxygen atoms in total. The van der Waals surface area contributed by atoms with Crippen LogP contribution in [-0.4, -0.2) is 43.7 Å². The van der Waals surface area contributed by atoms with Crippen LogP contribution in [0.15, 0.2) is 30.3 Å². The molecule has 0 aliphatic carbocycles. The minimum absolute atomic E-state index is 0.402. The van der Waals surface area contributed by atoms with Crippen molar-refractivity contribution in [2.24, 2.45) is 0 Å². The Labute approximate surface area is 98.1 Å². The highest BCUT2D eigenvalue weighted by molar-refractivity contribution is 5.17. The molecule has 3 heteroatoms. The summed E-state index contributed by atoms with van der Waals surface area (Å²) in [5.74, 6) is 0. The molecule has 1 aromatic rings. The van der Waals surface area contributed by atoms with Crippen LogP contribution in [-0.2, 0) is 0 Å². The Morgan fingerprint density at radius 2 is 1.94 bits per heavy atom. The van der Waals surface area contributed by atoms with E-state index in [1.165, 1.54) is 0 Å². The van der Waals surface area contributed by atoms with Crippen molar-refractivity contribution < 1.29 is 5.11 Å². The first-order valence-electron chi connectivity index (χ1n) is 5.78. The predicted octanol–water partition coefficient (Wildman–Crippen LogP) is 1.26. The number of hydrogen-bond acceptors (Lipinski definition) is 3. The lowest BCUT2D eigenvalue weighted by Crippen LogP contribution is -2.25. The highest BCUT2D eigenvalue weighted by atomic mass is 16.3. The summed E-state index contributed by atoms with van der Waals surface area (Å²) in [5, 5.41) is 13.1. The summed E-state index contributed by atoms with van der Waals surface area (Å²) in [6.45, 7) is 2.65. The van der Waals surface area contributed by atoms with E-state index in [2.05, 4.69) is 24.3 Å². The zero-order valence-corrected chi connectivity index (χ0v) is 10.2. The van der Waals surface area contributed by atoms with Crippen LogP contribution < -0.4 is 5.32 Å². The van der Waals surface area contributed by atoms with Crippen molar-refractivity contribution in [2.45, 2.75) is 12.5 Å². The lowest BCUT2D eigenvalue weighted by Gasteiger charge is -2.13. The molecule has 0 amide bonds. The van der Waals surface area contributed by atoms with Crippen LogP contribution in [0.25, 0.3) is 0 Å². The molecule has 90 valence electrons. The van der Waals surface area contributed by atoms with E-state index in [1.54, 1.807) is 0 Å². The van der Waals surface area contributed by atoms with Gasteiger partial charge in [-0.3, -0.25) is 0 Å². The molecule has 0 spiro atoms. The van der Waals surface area contributed by atoms with Crippen LogP contribution >= 0.6 is 0 Å². The van der Waals surface area contributed by atoms with Gasteiger partial charge in [-0.15, -0.1) is 0 Å². The van der Waals surface area contributed by atoms with Crippen molar-refractivity contribution in [3.05, 3.63) is 35.9 Å². The number of nitrogens with zero attached hydrogens (tertiary/aromatic N) is 1. The number of benzene rings is 1. The second-order valence-electron chi connectivity index (χ2n) is 4.29. The number of hydrogen-bond donors (Lipinski definition) is 2. The fourth-order valence-electron chi connectivity index (χ4n) is 1.55. The molecule has 0 saturated carbocycles. The van der Waals surface area contributed by atoms with Gasteiger partial charge < -0.3 is 15.3 Å². The van der Waals surface area contributed by atoms with Gasteiger partial charge in [-0.1, -0.05) is 30.3 Å². The first-order chi connectivity index (χ1) is 7.70. The van der Waals surface area contributed by atoms with E-state index in [0.717, 1.165) is 25.1 Å². The van der Waals surface area contributed by atoms with E-state index >= 15 is 0 Å². The molecule has 1 atom stereocenters. The summed E-state index contributed by atoms with van der Waals surface area (Å²) in [6, 6.07) is 9.76. The first kappa shape index (κ1) is 13.2. The van der Waals surface area contributed by atoms with E-state index < -0.39 is 6.10 Å². The zero-order valence-electron chi connectivity index (χ0n) is 10.2. The van der Waals surface area contributed by atoms with Gasteiger partial charge >= 0.3 is 0 Å². The molecule has 0 saturated heterocycles. The summed E-state index contributed by atoms with van der Waals surface area (Å²) < 4.78 is 0.